The smallest absolute Gasteiger partial charge is 0.326 e. The maximum Gasteiger partial charge on any atom is 0.326 e. The molecule has 0 fully saturated rings. The van der Waals surface area contributed by atoms with E-state index < -0.39 is 42.8 Å². The van der Waals surface area contributed by atoms with Gasteiger partial charge in [-0.1, -0.05) is 18.2 Å². The Balaban J connectivity index is 1.76. The number of carbonyl (C=O) groups is 5. The Morgan fingerprint density at radius 3 is 2.16 bits per heavy atom. The van der Waals surface area contributed by atoms with Gasteiger partial charge in [-0.15, -0.1) is 0 Å². The van der Waals surface area contributed by atoms with Crippen LogP contribution in [0.3, 0.4) is 0 Å². The summed E-state index contributed by atoms with van der Waals surface area (Å²) in [5, 5.41) is 19.1. The van der Waals surface area contributed by atoms with E-state index in [1.165, 1.54) is 14.0 Å². The molecule has 202 valence electrons. The number of nitrogens with zero attached hydrogens (tertiary/aromatic N) is 3. The van der Waals surface area contributed by atoms with Crippen molar-refractivity contribution in [3.05, 3.63) is 36.0 Å². The van der Waals surface area contributed by atoms with E-state index >= 15 is 0 Å². The SMILES string of the molecule is CNN(C)Cc1cc2ccccc2n1CCC(=O)NCC(=O)NCC(=O)NCC(=O)N(C)C(C)C(=O)O. The molecule has 5 N–H and O–H groups in total. The molecule has 1 aromatic carbocycles. The third-order valence-corrected chi connectivity index (χ3v) is 5.90. The van der Waals surface area contributed by atoms with Crippen LogP contribution in [0.25, 0.3) is 10.9 Å². The largest absolute Gasteiger partial charge is 0.480 e. The zero-order valence-electron chi connectivity index (χ0n) is 21.5. The van der Waals surface area contributed by atoms with E-state index in [-0.39, 0.29) is 18.9 Å². The molecule has 1 unspecified atom stereocenters. The van der Waals surface area contributed by atoms with Crippen LogP contribution in [-0.2, 0) is 37.1 Å². The van der Waals surface area contributed by atoms with Crippen LogP contribution >= 0.6 is 0 Å². The number of aromatic nitrogens is 1. The van der Waals surface area contributed by atoms with E-state index in [1.54, 1.807) is 0 Å². The quantitative estimate of drug-likeness (QED) is 0.197. The number of carbonyl (C=O) groups excluding carboxylic acids is 4. The monoisotopic (exact) mass is 517 g/mol. The Morgan fingerprint density at radius 2 is 1.54 bits per heavy atom. The second-order valence-electron chi connectivity index (χ2n) is 8.52. The molecule has 0 saturated carbocycles. The summed E-state index contributed by atoms with van der Waals surface area (Å²) in [6, 6.07) is 8.95. The van der Waals surface area contributed by atoms with E-state index in [4.69, 9.17) is 5.11 Å². The fraction of sp³-hybridized carbons (Fsp3) is 0.458. The van der Waals surface area contributed by atoms with Gasteiger partial charge in [-0.25, -0.2) is 9.80 Å². The summed E-state index contributed by atoms with van der Waals surface area (Å²) in [7, 11) is 5.07. The topological polar surface area (TPSA) is 165 Å². The summed E-state index contributed by atoms with van der Waals surface area (Å²) in [6.07, 6.45) is 0.160. The van der Waals surface area contributed by atoms with Crippen LogP contribution in [-0.4, -0.2) is 96.0 Å². The van der Waals surface area contributed by atoms with Crippen molar-refractivity contribution >= 4 is 40.5 Å². The van der Waals surface area contributed by atoms with Crippen molar-refractivity contribution in [2.24, 2.45) is 0 Å². The number of aliphatic carboxylic acids is 1. The predicted octanol–water partition coefficient (Wildman–Crippen LogP) is -1.12. The highest BCUT2D eigenvalue weighted by atomic mass is 16.4. The third kappa shape index (κ3) is 8.88. The molecule has 0 spiro atoms. The molecule has 0 radical (unpaired) electrons. The van der Waals surface area contributed by atoms with E-state index in [0.717, 1.165) is 21.5 Å². The van der Waals surface area contributed by atoms with Gasteiger partial charge >= 0.3 is 5.97 Å². The Bertz CT molecular complexity index is 1130. The first-order valence-corrected chi connectivity index (χ1v) is 11.8. The van der Waals surface area contributed by atoms with Crippen molar-refractivity contribution in [2.75, 3.05) is 40.8 Å². The summed E-state index contributed by atoms with van der Waals surface area (Å²) >= 11 is 0. The summed E-state index contributed by atoms with van der Waals surface area (Å²) in [5.41, 5.74) is 5.11. The molecule has 13 heteroatoms. The molecule has 0 aliphatic rings. The third-order valence-electron chi connectivity index (χ3n) is 5.90. The number of fused-ring (bicyclic) bond motifs is 1. The van der Waals surface area contributed by atoms with Crippen LogP contribution < -0.4 is 21.4 Å². The number of hydrazine groups is 1. The van der Waals surface area contributed by atoms with Gasteiger partial charge in [0.25, 0.3) is 0 Å². The zero-order valence-corrected chi connectivity index (χ0v) is 21.5. The van der Waals surface area contributed by atoms with Crippen molar-refractivity contribution < 1.29 is 29.1 Å². The Morgan fingerprint density at radius 1 is 0.946 bits per heavy atom. The number of carboxylic acids is 1. The molecule has 1 atom stereocenters. The van der Waals surface area contributed by atoms with Crippen molar-refractivity contribution in [1.29, 1.82) is 0 Å². The second-order valence-corrected chi connectivity index (χ2v) is 8.52. The van der Waals surface area contributed by atoms with E-state index in [2.05, 4.69) is 32.0 Å². The van der Waals surface area contributed by atoms with Gasteiger partial charge in [0.2, 0.25) is 23.6 Å². The van der Waals surface area contributed by atoms with E-state index in [0.29, 0.717) is 13.1 Å². The van der Waals surface area contributed by atoms with Gasteiger partial charge < -0.3 is 30.5 Å². The average molecular weight is 518 g/mol. The van der Waals surface area contributed by atoms with Crippen molar-refractivity contribution in [2.45, 2.75) is 32.5 Å². The molecule has 2 rings (SSSR count). The minimum atomic E-state index is -1.17. The number of aryl methyl sites for hydroxylation is 1. The first-order valence-electron chi connectivity index (χ1n) is 11.8. The van der Waals surface area contributed by atoms with E-state index in [9.17, 15) is 24.0 Å². The molecular weight excluding hydrogens is 482 g/mol. The van der Waals surface area contributed by atoms with Gasteiger partial charge in [-0.2, -0.15) is 0 Å². The Labute approximate surface area is 215 Å². The standard InChI is InChI=1S/C24H35N7O6/c1-16(24(36)37)30(4)23(35)14-28-22(34)13-27-21(33)12-26-20(32)9-10-31-18(15-29(3)25-2)11-17-7-5-6-8-19(17)31/h5-8,11,16,25H,9-10,12-15H2,1-4H3,(H,26,32)(H,27,33)(H,28,34)(H,36,37). The van der Waals surface area contributed by atoms with E-state index in [1.807, 2.05) is 43.4 Å². The number of likely N-dealkylation sites (N-methyl/N-ethyl adjacent to an activating group) is 1. The first-order chi connectivity index (χ1) is 17.5. The molecule has 0 bridgehead atoms. The van der Waals surface area contributed by atoms with Crippen LogP contribution in [0.1, 0.15) is 19.0 Å². The Kier molecular flexibility index (Phi) is 11.0. The molecular formula is C24H35N7O6. The normalized spacial score (nSPS) is 11.7. The lowest BCUT2D eigenvalue weighted by Gasteiger charge is -2.21. The molecule has 37 heavy (non-hydrogen) atoms. The number of rotatable bonds is 14. The lowest BCUT2D eigenvalue weighted by Crippen LogP contribution is -2.47. The highest BCUT2D eigenvalue weighted by Gasteiger charge is 2.21. The van der Waals surface area contributed by atoms with Crippen LogP contribution in [0, 0.1) is 0 Å². The van der Waals surface area contributed by atoms with Gasteiger partial charge in [0, 0.05) is 38.3 Å². The molecule has 13 nitrogen and oxygen atoms in total. The molecule has 1 heterocycles. The second kappa shape index (κ2) is 13.9. The molecule has 4 amide bonds. The number of hydrogen-bond acceptors (Lipinski definition) is 7. The van der Waals surface area contributed by atoms with Crippen LogP contribution in [0.15, 0.2) is 30.3 Å². The minimum Gasteiger partial charge on any atom is -0.480 e. The summed E-state index contributed by atoms with van der Waals surface area (Å²) in [5.74, 6) is -3.25. The van der Waals surface area contributed by atoms with Gasteiger partial charge in [-0.05, 0) is 31.5 Å². The highest BCUT2D eigenvalue weighted by molar-refractivity contribution is 5.91. The number of nitrogens with one attached hydrogen (secondary N) is 4. The fourth-order valence-electron chi connectivity index (χ4n) is 3.45. The van der Waals surface area contributed by atoms with Gasteiger partial charge in [0.1, 0.15) is 6.04 Å². The van der Waals surface area contributed by atoms with Crippen LogP contribution in [0.2, 0.25) is 0 Å². The lowest BCUT2D eigenvalue weighted by atomic mass is 10.2. The average Bonchev–Trinajstić information content (AvgIpc) is 3.23. The number of amides is 4. The molecule has 2 aromatic rings. The van der Waals surface area contributed by atoms with Crippen molar-refractivity contribution in [1.82, 2.24) is 35.9 Å². The first kappa shape index (κ1) is 29.3. The predicted molar refractivity (Wildman–Crippen MR) is 136 cm³/mol. The molecule has 0 saturated heterocycles. The van der Waals surface area contributed by atoms with Crippen molar-refractivity contribution in [3.63, 3.8) is 0 Å². The fourth-order valence-corrected chi connectivity index (χ4v) is 3.45. The maximum atomic E-state index is 12.4. The van der Waals surface area contributed by atoms with Gasteiger partial charge in [-0.3, -0.25) is 24.6 Å². The number of benzene rings is 1. The number of hydrogen-bond donors (Lipinski definition) is 5. The minimum absolute atomic E-state index is 0.160. The summed E-state index contributed by atoms with van der Waals surface area (Å²) in [6.45, 7) is 1.32. The molecule has 0 aliphatic heterocycles. The Hall–Kier alpha value is -3.97. The number of carboxylic acid groups (broad SMARTS) is 1. The summed E-state index contributed by atoms with van der Waals surface area (Å²) < 4.78 is 2.07. The molecule has 0 aliphatic carbocycles. The summed E-state index contributed by atoms with van der Waals surface area (Å²) in [4.78, 5) is 60.1. The van der Waals surface area contributed by atoms with Gasteiger partial charge in [0.05, 0.1) is 26.2 Å². The van der Waals surface area contributed by atoms with Crippen LogP contribution in [0.5, 0.6) is 0 Å². The molecule has 1 aromatic heterocycles. The number of para-hydroxylation sites is 1. The lowest BCUT2D eigenvalue weighted by molar-refractivity contribution is -0.148. The van der Waals surface area contributed by atoms with Crippen LogP contribution in [0.4, 0.5) is 0 Å². The van der Waals surface area contributed by atoms with Crippen molar-refractivity contribution in [3.8, 4) is 0 Å². The highest BCUT2D eigenvalue weighted by Crippen LogP contribution is 2.21. The zero-order chi connectivity index (χ0) is 27.5. The van der Waals surface area contributed by atoms with Gasteiger partial charge in [0.15, 0.2) is 0 Å². The maximum absolute atomic E-state index is 12.4.